The Kier molecular flexibility index (Phi) is 5.52. The van der Waals surface area contributed by atoms with Gasteiger partial charge in [-0.3, -0.25) is 9.11 Å². The summed E-state index contributed by atoms with van der Waals surface area (Å²) in [6, 6.07) is 9.39. The van der Waals surface area contributed by atoms with E-state index in [2.05, 4.69) is 10.2 Å². The fourth-order valence-corrected chi connectivity index (χ4v) is 4.24. The summed E-state index contributed by atoms with van der Waals surface area (Å²) in [4.78, 5) is -1.46. The molecule has 3 N–H and O–H groups in total. The van der Waals surface area contributed by atoms with Crippen LogP contribution in [0.25, 0.3) is 10.8 Å². The molecule has 158 valence electrons. The lowest BCUT2D eigenvalue weighted by Gasteiger charge is -2.11. The van der Waals surface area contributed by atoms with Crippen molar-refractivity contribution in [2.75, 3.05) is 7.11 Å². The summed E-state index contributed by atoms with van der Waals surface area (Å²) in [6.07, 6.45) is 0. The molecule has 12 heteroatoms. The molecule has 10 nitrogen and oxygen atoms in total. The summed E-state index contributed by atoms with van der Waals surface area (Å²) in [5, 5.41) is 17.9. The largest absolute Gasteiger partial charge is 0.505 e. The van der Waals surface area contributed by atoms with Crippen molar-refractivity contribution >= 4 is 42.4 Å². The molecule has 0 aromatic heterocycles. The van der Waals surface area contributed by atoms with Crippen molar-refractivity contribution in [3.63, 3.8) is 0 Å². The van der Waals surface area contributed by atoms with Crippen LogP contribution in [0.3, 0.4) is 0 Å². The number of hydrogen-bond acceptors (Lipinski definition) is 8. The molecular formula is C18H16N2O8S2. The van der Waals surface area contributed by atoms with Gasteiger partial charge in [-0.05, 0) is 42.1 Å². The summed E-state index contributed by atoms with van der Waals surface area (Å²) in [6.45, 7) is 1.77. The van der Waals surface area contributed by atoms with E-state index in [1.54, 1.807) is 25.1 Å². The van der Waals surface area contributed by atoms with Gasteiger partial charge in [0.15, 0.2) is 5.75 Å². The lowest BCUT2D eigenvalue weighted by molar-refractivity contribution is 0.415. The molecule has 0 heterocycles. The molecule has 0 saturated heterocycles. The highest BCUT2D eigenvalue weighted by molar-refractivity contribution is 7.86. The predicted octanol–water partition coefficient (Wildman–Crippen LogP) is 3.77. The van der Waals surface area contributed by atoms with Crippen LogP contribution in [-0.2, 0) is 20.2 Å². The number of ether oxygens (including phenoxy) is 1. The molecule has 3 aromatic rings. The molecule has 3 aromatic carbocycles. The van der Waals surface area contributed by atoms with E-state index in [9.17, 15) is 31.0 Å². The summed E-state index contributed by atoms with van der Waals surface area (Å²) in [7, 11) is -8.26. The summed E-state index contributed by atoms with van der Waals surface area (Å²) >= 11 is 0. The Hall–Kier alpha value is -3.06. The van der Waals surface area contributed by atoms with Gasteiger partial charge in [-0.25, -0.2) is 0 Å². The highest BCUT2D eigenvalue weighted by Crippen LogP contribution is 2.44. The monoisotopic (exact) mass is 452 g/mol. The number of aryl methyl sites for hydroxylation is 1. The first kappa shape index (κ1) is 21.6. The minimum absolute atomic E-state index is 0.0673. The Balaban J connectivity index is 2.38. The molecule has 0 fully saturated rings. The van der Waals surface area contributed by atoms with Gasteiger partial charge in [-0.15, -0.1) is 10.2 Å². The normalized spacial score (nSPS) is 12.5. The second-order valence-corrected chi connectivity index (χ2v) is 9.03. The maximum atomic E-state index is 11.9. The third-order valence-electron chi connectivity index (χ3n) is 4.19. The molecule has 0 amide bonds. The Bertz CT molecular complexity index is 1400. The highest BCUT2D eigenvalue weighted by Gasteiger charge is 2.26. The van der Waals surface area contributed by atoms with Crippen molar-refractivity contribution in [2.45, 2.75) is 16.7 Å². The van der Waals surface area contributed by atoms with Crippen molar-refractivity contribution in [1.29, 1.82) is 0 Å². The topological polar surface area (TPSA) is 163 Å². The quantitative estimate of drug-likeness (QED) is 0.389. The molecule has 0 aliphatic rings. The average Bonchev–Trinajstić information content (AvgIpc) is 2.65. The number of rotatable bonds is 5. The number of phenolic OH excluding ortho intramolecular Hbond substituents is 1. The number of phenols is 1. The number of fused-ring (bicyclic) bond motifs is 1. The zero-order chi connectivity index (χ0) is 22.3. The molecule has 0 unspecified atom stereocenters. The Morgan fingerprint density at radius 1 is 0.900 bits per heavy atom. The van der Waals surface area contributed by atoms with Crippen LogP contribution in [0.4, 0.5) is 11.4 Å². The number of azo groups is 1. The summed E-state index contributed by atoms with van der Waals surface area (Å²) < 4.78 is 71.3. The minimum Gasteiger partial charge on any atom is -0.505 e. The molecule has 0 radical (unpaired) electrons. The second kappa shape index (κ2) is 7.65. The van der Waals surface area contributed by atoms with Gasteiger partial charge in [0, 0.05) is 5.39 Å². The molecule has 30 heavy (non-hydrogen) atoms. The first-order valence-corrected chi connectivity index (χ1v) is 11.1. The van der Waals surface area contributed by atoms with Gasteiger partial charge < -0.3 is 9.84 Å². The first-order chi connectivity index (χ1) is 13.9. The molecule has 0 aliphatic carbocycles. The summed E-state index contributed by atoms with van der Waals surface area (Å²) in [5.74, 6) is -0.597. The van der Waals surface area contributed by atoms with Gasteiger partial charge in [0.05, 0.1) is 7.11 Å². The van der Waals surface area contributed by atoms with E-state index < -0.39 is 41.5 Å². The van der Waals surface area contributed by atoms with Crippen molar-refractivity contribution in [1.82, 2.24) is 0 Å². The van der Waals surface area contributed by atoms with Gasteiger partial charge in [0.2, 0.25) is 0 Å². The maximum Gasteiger partial charge on any atom is 0.296 e. The van der Waals surface area contributed by atoms with E-state index in [0.29, 0.717) is 5.75 Å². The van der Waals surface area contributed by atoms with Gasteiger partial charge in [0.25, 0.3) is 20.2 Å². The van der Waals surface area contributed by atoms with E-state index in [0.717, 1.165) is 17.7 Å². The standard InChI is InChI=1S/C18H16N2O8S2/c1-10-6-7-13(28-2)12(8-10)19-20-17-15(30(25,26)27)9-11-4-3-5-14(29(22,23)24)16(11)18(17)21/h3-9,21H,1-2H3,(H,22,23,24)(H,25,26,27). The van der Waals surface area contributed by atoms with Gasteiger partial charge in [0.1, 0.15) is 26.9 Å². The van der Waals surface area contributed by atoms with Crippen LogP contribution >= 0.6 is 0 Å². The fourth-order valence-electron chi connectivity index (χ4n) is 2.86. The summed E-state index contributed by atoms with van der Waals surface area (Å²) in [5.41, 5.74) is 0.280. The second-order valence-electron chi connectivity index (χ2n) is 6.25. The predicted molar refractivity (Wildman–Crippen MR) is 107 cm³/mol. The molecule has 0 spiro atoms. The van der Waals surface area contributed by atoms with E-state index in [1.165, 1.54) is 19.2 Å². The average molecular weight is 452 g/mol. The number of methoxy groups -OCH3 is 1. The third kappa shape index (κ3) is 4.11. The van der Waals surface area contributed by atoms with E-state index in [4.69, 9.17) is 4.74 Å². The molecule has 0 saturated carbocycles. The number of hydrogen-bond donors (Lipinski definition) is 3. The molecule has 0 atom stereocenters. The van der Waals surface area contributed by atoms with Crippen LogP contribution in [0, 0.1) is 6.92 Å². The van der Waals surface area contributed by atoms with E-state index in [-0.39, 0.29) is 16.5 Å². The zero-order valence-corrected chi connectivity index (χ0v) is 17.3. The minimum atomic E-state index is -4.88. The molecule has 0 bridgehead atoms. The van der Waals surface area contributed by atoms with Crippen LogP contribution in [0.15, 0.2) is 62.5 Å². The third-order valence-corrected chi connectivity index (χ3v) is 5.95. The molecular weight excluding hydrogens is 436 g/mol. The van der Waals surface area contributed by atoms with Gasteiger partial charge >= 0.3 is 0 Å². The van der Waals surface area contributed by atoms with Gasteiger partial charge in [-0.2, -0.15) is 16.8 Å². The van der Waals surface area contributed by atoms with Crippen LogP contribution in [0.1, 0.15) is 5.56 Å². The number of aromatic hydroxyl groups is 1. The molecule has 0 aliphatic heterocycles. The van der Waals surface area contributed by atoms with Crippen LogP contribution in [-0.4, -0.2) is 38.2 Å². The maximum absolute atomic E-state index is 11.9. The van der Waals surface area contributed by atoms with Crippen molar-refractivity contribution in [3.05, 3.63) is 48.0 Å². The zero-order valence-electron chi connectivity index (χ0n) is 15.6. The van der Waals surface area contributed by atoms with E-state index in [1.807, 2.05) is 0 Å². The number of nitrogens with zero attached hydrogens (tertiary/aromatic N) is 2. The molecule has 3 rings (SSSR count). The van der Waals surface area contributed by atoms with Crippen LogP contribution < -0.4 is 4.74 Å². The van der Waals surface area contributed by atoms with Crippen molar-refractivity contribution < 1.29 is 35.8 Å². The van der Waals surface area contributed by atoms with Crippen molar-refractivity contribution in [2.24, 2.45) is 10.2 Å². The lowest BCUT2D eigenvalue weighted by Crippen LogP contribution is -2.02. The first-order valence-electron chi connectivity index (χ1n) is 8.23. The Morgan fingerprint density at radius 3 is 2.17 bits per heavy atom. The van der Waals surface area contributed by atoms with Crippen LogP contribution in [0.2, 0.25) is 0 Å². The lowest BCUT2D eigenvalue weighted by atomic mass is 10.1. The van der Waals surface area contributed by atoms with Crippen LogP contribution in [0.5, 0.6) is 11.5 Å². The highest BCUT2D eigenvalue weighted by atomic mass is 32.2. The van der Waals surface area contributed by atoms with Crippen molar-refractivity contribution in [3.8, 4) is 11.5 Å². The number of benzene rings is 3. The SMILES string of the molecule is COc1ccc(C)cc1N=Nc1c(S(=O)(=O)O)cc2cccc(S(=O)(=O)O)c2c1O. The van der Waals surface area contributed by atoms with Gasteiger partial charge in [-0.1, -0.05) is 18.2 Å². The fraction of sp³-hybridized carbons (Fsp3) is 0.111. The Labute approximate surface area is 172 Å². The smallest absolute Gasteiger partial charge is 0.296 e. The van der Waals surface area contributed by atoms with E-state index >= 15 is 0 Å². The Morgan fingerprint density at radius 2 is 1.57 bits per heavy atom.